The number of hydrogen-bond acceptors (Lipinski definition) is 3. The summed E-state index contributed by atoms with van der Waals surface area (Å²) >= 11 is 0. The highest BCUT2D eigenvalue weighted by molar-refractivity contribution is 5.83. The van der Waals surface area contributed by atoms with Gasteiger partial charge in [0.25, 0.3) is 0 Å². The zero-order chi connectivity index (χ0) is 13.3. The molecule has 1 aromatic rings. The number of aromatic hydroxyl groups is 2. The molecule has 1 aliphatic carbocycles. The smallest absolute Gasteiger partial charge is 0.314 e. The van der Waals surface area contributed by atoms with Crippen molar-refractivity contribution < 1.29 is 20.1 Å². The van der Waals surface area contributed by atoms with Crippen molar-refractivity contribution >= 4 is 5.97 Å². The van der Waals surface area contributed by atoms with E-state index in [9.17, 15) is 20.1 Å². The van der Waals surface area contributed by atoms with Crippen LogP contribution in [0.5, 0.6) is 11.5 Å². The summed E-state index contributed by atoms with van der Waals surface area (Å²) in [5.74, 6) is -0.977. The summed E-state index contributed by atoms with van der Waals surface area (Å²) in [7, 11) is 0. The van der Waals surface area contributed by atoms with E-state index in [4.69, 9.17) is 0 Å². The van der Waals surface area contributed by atoms with Crippen LogP contribution < -0.4 is 0 Å². The molecule has 1 saturated carbocycles. The number of phenols is 2. The minimum Gasteiger partial charge on any atom is -0.508 e. The molecule has 0 bridgehead atoms. The molecule has 4 nitrogen and oxygen atoms in total. The monoisotopic (exact) mass is 250 g/mol. The van der Waals surface area contributed by atoms with Gasteiger partial charge in [-0.1, -0.05) is 25.3 Å². The topological polar surface area (TPSA) is 77.8 Å². The zero-order valence-electron chi connectivity index (χ0n) is 10.4. The van der Waals surface area contributed by atoms with Crippen molar-refractivity contribution in [1.82, 2.24) is 0 Å². The number of carbonyl (C=O) groups is 1. The van der Waals surface area contributed by atoms with Gasteiger partial charge in [-0.25, -0.2) is 0 Å². The average molecular weight is 250 g/mol. The molecule has 0 amide bonds. The van der Waals surface area contributed by atoms with Crippen LogP contribution in [0.3, 0.4) is 0 Å². The lowest BCUT2D eigenvalue weighted by atomic mass is 9.69. The maximum Gasteiger partial charge on any atom is 0.314 e. The normalized spacial score (nSPS) is 18.5. The molecule has 0 atom stereocenters. The van der Waals surface area contributed by atoms with Crippen LogP contribution in [0.1, 0.15) is 43.2 Å². The standard InChI is InChI=1S/C14H18O4/c1-9-11(15)6-5-10(12(9)16)14(13(17)18)7-3-2-4-8-14/h5-6,15-16H,2-4,7-8H2,1H3,(H,17,18). The van der Waals surface area contributed by atoms with Crippen molar-refractivity contribution in [3.05, 3.63) is 23.3 Å². The number of carboxylic acid groups (broad SMARTS) is 1. The molecule has 1 aromatic carbocycles. The Hall–Kier alpha value is -1.71. The molecular formula is C14H18O4. The zero-order valence-corrected chi connectivity index (χ0v) is 10.4. The van der Waals surface area contributed by atoms with E-state index in [1.807, 2.05) is 0 Å². The van der Waals surface area contributed by atoms with Crippen molar-refractivity contribution in [2.45, 2.75) is 44.4 Å². The van der Waals surface area contributed by atoms with E-state index in [-0.39, 0.29) is 11.5 Å². The van der Waals surface area contributed by atoms with Crippen LogP contribution in [0.25, 0.3) is 0 Å². The molecule has 0 heterocycles. The van der Waals surface area contributed by atoms with Crippen molar-refractivity contribution in [3.8, 4) is 11.5 Å². The summed E-state index contributed by atoms with van der Waals surface area (Å²) in [5.41, 5.74) is -0.218. The van der Waals surface area contributed by atoms with Crippen molar-refractivity contribution in [3.63, 3.8) is 0 Å². The molecule has 4 heteroatoms. The molecule has 0 spiro atoms. The van der Waals surface area contributed by atoms with E-state index in [1.54, 1.807) is 6.92 Å². The van der Waals surface area contributed by atoms with Gasteiger partial charge in [-0.3, -0.25) is 4.79 Å². The second-order valence-corrected chi connectivity index (χ2v) is 5.05. The Labute approximate surface area is 106 Å². The summed E-state index contributed by atoms with van der Waals surface area (Å²) in [5, 5.41) is 29.2. The van der Waals surface area contributed by atoms with Gasteiger partial charge >= 0.3 is 5.97 Å². The van der Waals surface area contributed by atoms with Crippen LogP contribution in [-0.4, -0.2) is 21.3 Å². The second kappa shape index (κ2) is 4.52. The van der Waals surface area contributed by atoms with Crippen LogP contribution in [-0.2, 0) is 10.2 Å². The maximum absolute atomic E-state index is 11.7. The first-order valence-electron chi connectivity index (χ1n) is 6.24. The first-order valence-corrected chi connectivity index (χ1v) is 6.24. The molecule has 0 aromatic heterocycles. The van der Waals surface area contributed by atoms with Gasteiger partial charge in [0.1, 0.15) is 11.5 Å². The molecule has 2 rings (SSSR count). The molecule has 18 heavy (non-hydrogen) atoms. The fourth-order valence-electron chi connectivity index (χ4n) is 2.83. The molecule has 1 aliphatic rings. The Bertz CT molecular complexity index is 473. The molecule has 0 saturated heterocycles. The number of phenolic OH excluding ortho intramolecular Hbond substituents is 2. The van der Waals surface area contributed by atoms with Gasteiger partial charge in [0.05, 0.1) is 5.41 Å². The lowest BCUT2D eigenvalue weighted by Gasteiger charge is -2.34. The third-order valence-electron chi connectivity index (χ3n) is 4.03. The van der Waals surface area contributed by atoms with Crippen LogP contribution in [0.15, 0.2) is 12.1 Å². The van der Waals surface area contributed by atoms with Crippen LogP contribution in [0.4, 0.5) is 0 Å². The third-order valence-corrected chi connectivity index (χ3v) is 4.03. The molecule has 0 radical (unpaired) electrons. The third kappa shape index (κ3) is 1.82. The van der Waals surface area contributed by atoms with E-state index in [0.29, 0.717) is 24.0 Å². The van der Waals surface area contributed by atoms with Gasteiger partial charge in [-0.15, -0.1) is 0 Å². The SMILES string of the molecule is Cc1c(O)ccc(C2(C(=O)O)CCCCC2)c1O. The summed E-state index contributed by atoms with van der Waals surface area (Å²) in [6, 6.07) is 3.00. The maximum atomic E-state index is 11.7. The number of hydrogen-bond donors (Lipinski definition) is 3. The highest BCUT2D eigenvalue weighted by Gasteiger charge is 2.43. The lowest BCUT2D eigenvalue weighted by Crippen LogP contribution is -2.37. The molecule has 1 fully saturated rings. The number of carboxylic acids is 1. The Morgan fingerprint density at radius 3 is 2.33 bits per heavy atom. The predicted octanol–water partition coefficient (Wildman–Crippen LogP) is 2.69. The van der Waals surface area contributed by atoms with E-state index in [1.165, 1.54) is 12.1 Å². The highest BCUT2D eigenvalue weighted by Crippen LogP contribution is 2.45. The number of rotatable bonds is 2. The fraction of sp³-hybridized carbons (Fsp3) is 0.500. The highest BCUT2D eigenvalue weighted by atomic mass is 16.4. The van der Waals surface area contributed by atoms with E-state index in [0.717, 1.165) is 19.3 Å². The van der Waals surface area contributed by atoms with E-state index >= 15 is 0 Å². The van der Waals surface area contributed by atoms with Crippen molar-refractivity contribution in [1.29, 1.82) is 0 Å². The molecule has 0 aliphatic heterocycles. The molecule has 0 unspecified atom stereocenters. The van der Waals surface area contributed by atoms with Crippen LogP contribution >= 0.6 is 0 Å². The van der Waals surface area contributed by atoms with Gasteiger partial charge in [-0.2, -0.15) is 0 Å². The van der Waals surface area contributed by atoms with Gasteiger partial charge < -0.3 is 15.3 Å². The van der Waals surface area contributed by atoms with Crippen LogP contribution in [0.2, 0.25) is 0 Å². The Morgan fingerprint density at radius 1 is 1.17 bits per heavy atom. The largest absolute Gasteiger partial charge is 0.508 e. The summed E-state index contributed by atoms with van der Waals surface area (Å²) < 4.78 is 0. The summed E-state index contributed by atoms with van der Waals surface area (Å²) in [4.78, 5) is 11.7. The number of benzene rings is 1. The van der Waals surface area contributed by atoms with Gasteiger partial charge in [0, 0.05) is 11.1 Å². The predicted molar refractivity (Wildman–Crippen MR) is 66.9 cm³/mol. The van der Waals surface area contributed by atoms with Crippen molar-refractivity contribution in [2.75, 3.05) is 0 Å². The number of aliphatic carboxylic acids is 1. The Balaban J connectivity index is 2.56. The lowest BCUT2D eigenvalue weighted by molar-refractivity contribution is -0.145. The fourth-order valence-corrected chi connectivity index (χ4v) is 2.83. The Morgan fingerprint density at radius 2 is 1.78 bits per heavy atom. The molecule has 98 valence electrons. The van der Waals surface area contributed by atoms with E-state index < -0.39 is 11.4 Å². The van der Waals surface area contributed by atoms with Gasteiger partial charge in [-0.05, 0) is 25.8 Å². The summed E-state index contributed by atoms with van der Waals surface area (Å²) in [6.07, 6.45) is 3.82. The minimum absolute atomic E-state index is 0.00685. The molecular weight excluding hydrogens is 232 g/mol. The second-order valence-electron chi connectivity index (χ2n) is 5.05. The average Bonchev–Trinajstić information content (AvgIpc) is 2.37. The summed E-state index contributed by atoms with van der Waals surface area (Å²) in [6.45, 7) is 1.59. The quantitative estimate of drug-likeness (QED) is 0.754. The van der Waals surface area contributed by atoms with Crippen molar-refractivity contribution in [2.24, 2.45) is 0 Å². The van der Waals surface area contributed by atoms with Gasteiger partial charge in [0.15, 0.2) is 0 Å². The first kappa shape index (κ1) is 12.7. The minimum atomic E-state index is -0.999. The Kier molecular flexibility index (Phi) is 3.20. The van der Waals surface area contributed by atoms with E-state index in [2.05, 4.69) is 0 Å². The van der Waals surface area contributed by atoms with Gasteiger partial charge in [0.2, 0.25) is 0 Å². The first-order chi connectivity index (χ1) is 8.49. The molecule has 3 N–H and O–H groups in total. The van der Waals surface area contributed by atoms with Crippen LogP contribution in [0, 0.1) is 6.92 Å².